The minimum atomic E-state index is 0.422. The average Bonchev–Trinajstić information content (AvgIpc) is 3.44. The highest BCUT2D eigenvalue weighted by Gasteiger charge is 2.22. The van der Waals surface area contributed by atoms with Crippen molar-refractivity contribution in [3.63, 3.8) is 0 Å². The molecule has 0 bridgehead atoms. The summed E-state index contributed by atoms with van der Waals surface area (Å²) in [6.45, 7) is 5.25. The highest BCUT2D eigenvalue weighted by molar-refractivity contribution is 6.07. The van der Waals surface area contributed by atoms with Gasteiger partial charge in [-0.2, -0.15) is 5.10 Å². The summed E-state index contributed by atoms with van der Waals surface area (Å²) in [5.74, 6) is 0.722. The summed E-state index contributed by atoms with van der Waals surface area (Å²) >= 11 is 0. The lowest BCUT2D eigenvalue weighted by atomic mass is 9.84. The second-order valence-corrected chi connectivity index (χ2v) is 8.19. The van der Waals surface area contributed by atoms with Crippen molar-refractivity contribution < 1.29 is 0 Å². The number of fused-ring (bicyclic) bond motifs is 2. The van der Waals surface area contributed by atoms with E-state index in [1.807, 2.05) is 28.0 Å². The fraction of sp³-hybridized carbons (Fsp3) is 0.435. The van der Waals surface area contributed by atoms with Gasteiger partial charge >= 0.3 is 0 Å². The smallest absolute Gasteiger partial charge is 0.160 e. The molecule has 6 heteroatoms. The zero-order valence-corrected chi connectivity index (χ0v) is 17.2. The molecule has 29 heavy (non-hydrogen) atoms. The van der Waals surface area contributed by atoms with Gasteiger partial charge in [-0.1, -0.05) is 19.3 Å². The van der Waals surface area contributed by atoms with E-state index in [-0.39, 0.29) is 0 Å². The van der Waals surface area contributed by atoms with Gasteiger partial charge in [0.15, 0.2) is 5.65 Å². The van der Waals surface area contributed by atoms with Crippen LogP contribution in [0.5, 0.6) is 0 Å². The standard InChI is InChI=1S/C23H28N6/c1-3-29-23-20(14-25-29)22(26-16(2)17-7-5-4-6-8-17)19-13-18(9-10-21(19)27-23)28-12-11-24-15-28/h9-17H,3-8H2,1-2H3,(H,26,27)/t16-/m0/s1. The maximum Gasteiger partial charge on any atom is 0.160 e. The van der Waals surface area contributed by atoms with Gasteiger partial charge in [-0.25, -0.2) is 14.6 Å². The lowest BCUT2D eigenvalue weighted by Crippen LogP contribution is -2.27. The molecule has 0 aliphatic heterocycles. The molecule has 150 valence electrons. The van der Waals surface area contributed by atoms with Gasteiger partial charge in [0.25, 0.3) is 0 Å². The summed E-state index contributed by atoms with van der Waals surface area (Å²) in [5, 5.41) is 10.7. The van der Waals surface area contributed by atoms with E-state index >= 15 is 0 Å². The Labute approximate surface area is 171 Å². The van der Waals surface area contributed by atoms with Crippen LogP contribution in [0, 0.1) is 5.92 Å². The molecule has 1 aliphatic carbocycles. The molecule has 3 aromatic heterocycles. The first kappa shape index (κ1) is 18.2. The van der Waals surface area contributed by atoms with Crippen LogP contribution < -0.4 is 5.32 Å². The van der Waals surface area contributed by atoms with Crippen LogP contribution in [0.4, 0.5) is 5.69 Å². The van der Waals surface area contributed by atoms with Gasteiger partial charge < -0.3 is 9.88 Å². The zero-order valence-electron chi connectivity index (χ0n) is 17.2. The third-order valence-corrected chi connectivity index (χ3v) is 6.39. The Hall–Kier alpha value is -2.89. The molecule has 1 saturated carbocycles. The van der Waals surface area contributed by atoms with Crippen LogP contribution in [0.15, 0.2) is 43.1 Å². The SMILES string of the molecule is CCn1ncc2c(N[C@@H](C)C3CCCCC3)c3cc(-n4ccnc4)ccc3nc21. The molecule has 1 atom stereocenters. The van der Waals surface area contributed by atoms with E-state index < -0.39 is 0 Å². The fourth-order valence-corrected chi connectivity index (χ4v) is 4.69. The van der Waals surface area contributed by atoms with Gasteiger partial charge in [-0.05, 0) is 50.8 Å². The Balaban J connectivity index is 1.65. The number of pyridine rings is 1. The Bertz CT molecular complexity index is 1120. The maximum atomic E-state index is 4.95. The summed E-state index contributed by atoms with van der Waals surface area (Å²) in [7, 11) is 0. The van der Waals surface area contributed by atoms with E-state index in [0.29, 0.717) is 6.04 Å². The van der Waals surface area contributed by atoms with Gasteiger partial charge in [0, 0.05) is 36.1 Å². The normalized spacial score (nSPS) is 16.5. The molecule has 1 aromatic carbocycles. The van der Waals surface area contributed by atoms with Crippen LogP contribution in [0.2, 0.25) is 0 Å². The molecule has 0 radical (unpaired) electrons. The summed E-state index contributed by atoms with van der Waals surface area (Å²) < 4.78 is 4.02. The average molecular weight is 389 g/mol. The fourth-order valence-electron chi connectivity index (χ4n) is 4.69. The van der Waals surface area contributed by atoms with Gasteiger partial charge in [-0.3, -0.25) is 0 Å². The molecular formula is C23H28N6. The van der Waals surface area contributed by atoms with Crippen LogP contribution in [-0.2, 0) is 6.54 Å². The third kappa shape index (κ3) is 3.26. The monoisotopic (exact) mass is 388 g/mol. The van der Waals surface area contributed by atoms with E-state index in [9.17, 15) is 0 Å². The van der Waals surface area contributed by atoms with Crippen LogP contribution in [0.1, 0.15) is 46.0 Å². The molecule has 6 nitrogen and oxygen atoms in total. The first-order chi connectivity index (χ1) is 14.2. The first-order valence-electron chi connectivity index (χ1n) is 10.8. The molecule has 0 spiro atoms. The minimum Gasteiger partial charge on any atom is -0.381 e. The van der Waals surface area contributed by atoms with Crippen molar-refractivity contribution in [1.29, 1.82) is 0 Å². The predicted octanol–water partition coefficient (Wildman–Crippen LogP) is 5.17. The Morgan fingerprint density at radius 3 is 2.79 bits per heavy atom. The Morgan fingerprint density at radius 2 is 2.03 bits per heavy atom. The van der Waals surface area contributed by atoms with E-state index in [1.165, 1.54) is 32.1 Å². The van der Waals surface area contributed by atoms with Gasteiger partial charge in [0.2, 0.25) is 0 Å². The van der Waals surface area contributed by atoms with Crippen molar-refractivity contribution in [2.45, 2.75) is 58.5 Å². The molecule has 4 aromatic rings. The van der Waals surface area contributed by atoms with Crippen molar-refractivity contribution in [2.24, 2.45) is 5.92 Å². The number of hydrogen-bond acceptors (Lipinski definition) is 4. The van der Waals surface area contributed by atoms with E-state index in [1.54, 1.807) is 6.20 Å². The van der Waals surface area contributed by atoms with Gasteiger partial charge in [0.1, 0.15) is 0 Å². The lowest BCUT2D eigenvalue weighted by Gasteiger charge is -2.29. The van der Waals surface area contributed by atoms with Crippen molar-refractivity contribution in [1.82, 2.24) is 24.3 Å². The van der Waals surface area contributed by atoms with Gasteiger partial charge in [0.05, 0.1) is 29.1 Å². The number of imidazole rings is 1. The highest BCUT2D eigenvalue weighted by Crippen LogP contribution is 2.35. The number of aryl methyl sites for hydroxylation is 1. The van der Waals surface area contributed by atoms with Gasteiger partial charge in [-0.15, -0.1) is 0 Å². The molecule has 1 N–H and O–H groups in total. The number of anilines is 1. The van der Waals surface area contributed by atoms with Crippen LogP contribution in [0.3, 0.4) is 0 Å². The Morgan fingerprint density at radius 1 is 1.17 bits per heavy atom. The molecule has 0 amide bonds. The summed E-state index contributed by atoms with van der Waals surface area (Å²) in [4.78, 5) is 9.14. The summed E-state index contributed by atoms with van der Waals surface area (Å²) in [5.41, 5.74) is 4.20. The summed E-state index contributed by atoms with van der Waals surface area (Å²) in [6.07, 6.45) is 14.3. The number of nitrogens with zero attached hydrogens (tertiary/aromatic N) is 5. The largest absolute Gasteiger partial charge is 0.381 e. The van der Waals surface area contributed by atoms with Crippen LogP contribution >= 0.6 is 0 Å². The number of nitrogens with one attached hydrogen (secondary N) is 1. The number of hydrogen-bond donors (Lipinski definition) is 1. The first-order valence-corrected chi connectivity index (χ1v) is 10.8. The molecule has 3 heterocycles. The molecule has 0 unspecified atom stereocenters. The zero-order chi connectivity index (χ0) is 19.8. The van der Waals surface area contributed by atoms with Crippen molar-refractivity contribution in [3.05, 3.63) is 43.1 Å². The number of rotatable bonds is 5. The van der Waals surface area contributed by atoms with Crippen molar-refractivity contribution in [2.75, 3.05) is 5.32 Å². The Kier molecular flexibility index (Phi) is 4.70. The molecule has 1 fully saturated rings. The van der Waals surface area contributed by atoms with Crippen LogP contribution in [0.25, 0.3) is 27.6 Å². The summed E-state index contributed by atoms with van der Waals surface area (Å²) in [6, 6.07) is 6.84. The quantitative estimate of drug-likeness (QED) is 0.512. The van der Waals surface area contributed by atoms with E-state index in [4.69, 9.17) is 4.98 Å². The van der Waals surface area contributed by atoms with Crippen molar-refractivity contribution >= 4 is 27.6 Å². The maximum absolute atomic E-state index is 4.95. The van der Waals surface area contributed by atoms with Crippen molar-refractivity contribution in [3.8, 4) is 5.69 Å². The predicted molar refractivity (Wildman–Crippen MR) is 117 cm³/mol. The lowest BCUT2D eigenvalue weighted by molar-refractivity contribution is 0.328. The van der Waals surface area contributed by atoms with E-state index in [2.05, 4.69) is 47.4 Å². The molecule has 5 rings (SSSR count). The third-order valence-electron chi connectivity index (χ3n) is 6.39. The molecular weight excluding hydrogens is 360 g/mol. The second kappa shape index (κ2) is 7.50. The van der Waals surface area contributed by atoms with E-state index in [0.717, 1.165) is 45.8 Å². The second-order valence-electron chi connectivity index (χ2n) is 8.19. The molecule has 0 saturated heterocycles. The number of benzene rings is 1. The number of aromatic nitrogens is 5. The minimum absolute atomic E-state index is 0.422. The highest BCUT2D eigenvalue weighted by atomic mass is 15.3. The van der Waals surface area contributed by atoms with Crippen LogP contribution in [-0.4, -0.2) is 30.4 Å². The molecule has 1 aliphatic rings. The topological polar surface area (TPSA) is 60.6 Å².